The lowest BCUT2D eigenvalue weighted by Crippen LogP contribution is -2.31. The molecule has 2 atom stereocenters. The Labute approximate surface area is 120 Å². The molecular weight excluding hydrogens is 281 g/mol. The summed E-state index contributed by atoms with van der Waals surface area (Å²) in [6.45, 7) is 0. The number of fused-ring (bicyclic) bond motifs is 1. The molecule has 2 unspecified atom stereocenters. The summed E-state index contributed by atoms with van der Waals surface area (Å²) in [4.78, 5) is 0. The Morgan fingerprint density at radius 2 is 2.26 bits per heavy atom. The van der Waals surface area contributed by atoms with Gasteiger partial charge < -0.3 is 9.73 Å². The summed E-state index contributed by atoms with van der Waals surface area (Å²) < 4.78 is 19.1. The third kappa shape index (κ3) is 2.78. The predicted octanol–water partition coefficient (Wildman–Crippen LogP) is 3.68. The summed E-state index contributed by atoms with van der Waals surface area (Å²) in [7, 11) is 1.96. The van der Waals surface area contributed by atoms with E-state index in [4.69, 9.17) is 4.42 Å². The van der Waals surface area contributed by atoms with Crippen LogP contribution in [0.5, 0.6) is 0 Å². The fraction of sp³-hybridized carbons (Fsp3) is 0.429. The van der Waals surface area contributed by atoms with Crippen LogP contribution >= 0.6 is 23.5 Å². The van der Waals surface area contributed by atoms with Crippen LogP contribution in [-0.2, 0) is 0 Å². The van der Waals surface area contributed by atoms with Gasteiger partial charge in [-0.05, 0) is 31.3 Å². The molecule has 5 heteroatoms. The molecule has 1 aromatic carbocycles. The molecule has 1 N–H and O–H groups in total. The third-order valence-corrected chi connectivity index (χ3v) is 6.19. The first-order chi connectivity index (χ1) is 9.28. The van der Waals surface area contributed by atoms with Gasteiger partial charge in [0.15, 0.2) is 0 Å². The van der Waals surface area contributed by atoms with E-state index >= 15 is 0 Å². The molecule has 2 aromatic rings. The number of furan rings is 1. The minimum absolute atomic E-state index is 0.188. The minimum atomic E-state index is -0.219. The van der Waals surface area contributed by atoms with Crippen molar-refractivity contribution >= 4 is 34.5 Å². The normalized spacial score (nSPS) is 21.7. The number of hydrogen-bond acceptors (Lipinski definition) is 4. The Morgan fingerprint density at radius 1 is 1.37 bits per heavy atom. The second kappa shape index (κ2) is 5.77. The average Bonchev–Trinajstić information content (AvgIpc) is 2.83. The molecule has 0 aliphatic carbocycles. The zero-order valence-electron chi connectivity index (χ0n) is 10.7. The van der Waals surface area contributed by atoms with Crippen molar-refractivity contribution in [3.63, 3.8) is 0 Å². The van der Waals surface area contributed by atoms with E-state index in [9.17, 15) is 4.39 Å². The Bertz CT molecular complexity index is 566. The molecule has 1 aromatic heterocycles. The molecule has 19 heavy (non-hydrogen) atoms. The van der Waals surface area contributed by atoms with Crippen molar-refractivity contribution in [2.75, 3.05) is 24.3 Å². The molecule has 1 aliphatic heterocycles. The minimum Gasteiger partial charge on any atom is -0.459 e. The van der Waals surface area contributed by atoms with Gasteiger partial charge in [0.2, 0.25) is 0 Å². The van der Waals surface area contributed by atoms with Gasteiger partial charge in [-0.25, -0.2) is 4.39 Å². The molecule has 1 aliphatic rings. The number of halogens is 1. The summed E-state index contributed by atoms with van der Waals surface area (Å²) in [6, 6.07) is 6.81. The molecule has 0 radical (unpaired) electrons. The standard InChI is InChI=1S/C14H16FNOS2/c1-16-14(13-8-18-4-5-19-13)12-7-9-6-10(15)2-3-11(9)17-12/h2-3,6-7,13-14,16H,4-5,8H2,1H3. The van der Waals surface area contributed by atoms with Crippen LogP contribution in [0.25, 0.3) is 11.0 Å². The highest BCUT2D eigenvalue weighted by molar-refractivity contribution is 8.06. The van der Waals surface area contributed by atoms with Gasteiger partial charge in [0, 0.05) is 27.9 Å². The maximum absolute atomic E-state index is 13.2. The van der Waals surface area contributed by atoms with Crippen molar-refractivity contribution in [1.29, 1.82) is 0 Å². The van der Waals surface area contributed by atoms with Gasteiger partial charge in [-0.15, -0.1) is 0 Å². The zero-order valence-corrected chi connectivity index (χ0v) is 12.3. The molecule has 0 saturated carbocycles. The first-order valence-electron chi connectivity index (χ1n) is 6.33. The van der Waals surface area contributed by atoms with Crippen LogP contribution in [0.15, 0.2) is 28.7 Å². The summed E-state index contributed by atoms with van der Waals surface area (Å²) >= 11 is 3.97. The lowest BCUT2D eigenvalue weighted by molar-refractivity contribution is 0.452. The van der Waals surface area contributed by atoms with Crippen LogP contribution in [0.4, 0.5) is 4.39 Å². The van der Waals surface area contributed by atoms with E-state index in [0.717, 1.165) is 22.5 Å². The van der Waals surface area contributed by atoms with E-state index in [1.807, 2.05) is 36.6 Å². The quantitative estimate of drug-likeness (QED) is 0.934. The topological polar surface area (TPSA) is 25.2 Å². The first kappa shape index (κ1) is 13.3. The van der Waals surface area contributed by atoms with Crippen LogP contribution in [0.1, 0.15) is 11.8 Å². The molecule has 102 valence electrons. The Hall–Kier alpha value is -0.650. The van der Waals surface area contributed by atoms with Gasteiger partial charge >= 0.3 is 0 Å². The highest BCUT2D eigenvalue weighted by atomic mass is 32.2. The van der Waals surface area contributed by atoms with E-state index in [1.54, 1.807) is 6.07 Å². The number of thioether (sulfide) groups is 2. The molecule has 3 rings (SSSR count). The monoisotopic (exact) mass is 297 g/mol. The Balaban J connectivity index is 1.91. The number of hydrogen-bond donors (Lipinski definition) is 1. The second-order valence-corrected chi connectivity index (χ2v) is 7.08. The van der Waals surface area contributed by atoms with Crippen molar-refractivity contribution in [1.82, 2.24) is 5.32 Å². The van der Waals surface area contributed by atoms with Crippen LogP contribution in [0.2, 0.25) is 0 Å². The van der Waals surface area contributed by atoms with Gasteiger partial charge in [0.05, 0.1) is 6.04 Å². The van der Waals surface area contributed by atoms with Gasteiger partial charge in [-0.3, -0.25) is 0 Å². The van der Waals surface area contributed by atoms with Crippen LogP contribution in [0, 0.1) is 5.82 Å². The second-order valence-electron chi connectivity index (χ2n) is 4.58. The van der Waals surface area contributed by atoms with Crippen molar-refractivity contribution in [3.05, 3.63) is 35.8 Å². The smallest absolute Gasteiger partial charge is 0.134 e. The van der Waals surface area contributed by atoms with E-state index in [-0.39, 0.29) is 11.9 Å². The summed E-state index contributed by atoms with van der Waals surface area (Å²) in [6.07, 6.45) is 0. The van der Waals surface area contributed by atoms with Crippen LogP contribution in [-0.4, -0.2) is 29.6 Å². The summed E-state index contributed by atoms with van der Waals surface area (Å²) in [5.74, 6) is 4.22. The molecule has 1 fully saturated rings. The fourth-order valence-electron chi connectivity index (χ4n) is 2.40. The van der Waals surface area contributed by atoms with Crippen molar-refractivity contribution in [3.8, 4) is 0 Å². The lowest BCUT2D eigenvalue weighted by atomic mass is 10.1. The van der Waals surface area contributed by atoms with Crippen molar-refractivity contribution in [2.45, 2.75) is 11.3 Å². The molecule has 0 bridgehead atoms. The van der Waals surface area contributed by atoms with Gasteiger partial charge in [0.1, 0.15) is 17.2 Å². The zero-order chi connectivity index (χ0) is 13.2. The maximum Gasteiger partial charge on any atom is 0.134 e. The molecule has 0 spiro atoms. The Morgan fingerprint density at radius 3 is 3.00 bits per heavy atom. The fourth-order valence-corrected chi connectivity index (χ4v) is 5.28. The van der Waals surface area contributed by atoms with Gasteiger partial charge in [-0.2, -0.15) is 23.5 Å². The maximum atomic E-state index is 13.2. The highest BCUT2D eigenvalue weighted by Crippen LogP contribution is 2.35. The first-order valence-corrected chi connectivity index (χ1v) is 8.54. The number of benzene rings is 1. The molecule has 2 heterocycles. The van der Waals surface area contributed by atoms with E-state index in [2.05, 4.69) is 5.32 Å². The number of nitrogens with one attached hydrogen (secondary N) is 1. The third-order valence-electron chi connectivity index (χ3n) is 3.33. The van der Waals surface area contributed by atoms with Crippen molar-refractivity contribution < 1.29 is 8.81 Å². The van der Waals surface area contributed by atoms with Crippen LogP contribution in [0.3, 0.4) is 0 Å². The molecule has 2 nitrogen and oxygen atoms in total. The van der Waals surface area contributed by atoms with E-state index in [1.165, 1.54) is 23.6 Å². The number of rotatable bonds is 3. The highest BCUT2D eigenvalue weighted by Gasteiger charge is 2.27. The molecule has 0 amide bonds. The van der Waals surface area contributed by atoms with Crippen LogP contribution < -0.4 is 5.32 Å². The Kier molecular flexibility index (Phi) is 4.05. The summed E-state index contributed by atoms with van der Waals surface area (Å²) in [5.41, 5.74) is 0.755. The summed E-state index contributed by atoms with van der Waals surface area (Å²) in [5, 5.41) is 4.69. The molecule has 1 saturated heterocycles. The SMILES string of the molecule is CNC(c1cc2cc(F)ccc2o1)C1CSCCS1. The van der Waals surface area contributed by atoms with Gasteiger partial charge in [0.25, 0.3) is 0 Å². The average molecular weight is 297 g/mol. The molecular formula is C14H16FNOS2. The van der Waals surface area contributed by atoms with E-state index < -0.39 is 0 Å². The largest absolute Gasteiger partial charge is 0.459 e. The van der Waals surface area contributed by atoms with Gasteiger partial charge in [-0.1, -0.05) is 0 Å². The van der Waals surface area contributed by atoms with Crippen molar-refractivity contribution in [2.24, 2.45) is 0 Å². The lowest BCUT2D eigenvalue weighted by Gasteiger charge is -2.27. The predicted molar refractivity (Wildman–Crippen MR) is 81.5 cm³/mol. The van der Waals surface area contributed by atoms with E-state index in [0.29, 0.717) is 5.25 Å².